The molecule has 2 nitrogen and oxygen atoms in total. The molecule has 0 aliphatic heterocycles. The molecule has 2 aromatic carbocycles. The second kappa shape index (κ2) is 6.26. The molecule has 1 aromatic heterocycles. The summed E-state index contributed by atoms with van der Waals surface area (Å²) in [5.41, 5.74) is 0. The van der Waals surface area contributed by atoms with Crippen LogP contribution in [0.4, 0.5) is 0 Å². The first-order valence-electron chi connectivity index (χ1n) is 6.33. The Morgan fingerprint density at radius 2 is 1.76 bits per heavy atom. The Hall–Kier alpha value is -0.600. The average Bonchev–Trinajstić information content (AvgIpc) is 3.00. The molecule has 3 rings (SSSR count). The van der Waals surface area contributed by atoms with Crippen molar-refractivity contribution in [2.24, 2.45) is 0 Å². The molecule has 3 aromatic rings. The van der Waals surface area contributed by atoms with E-state index >= 15 is 0 Å². The van der Waals surface area contributed by atoms with Gasteiger partial charge in [-0.15, -0.1) is 0 Å². The van der Waals surface area contributed by atoms with Crippen molar-refractivity contribution in [3.05, 3.63) is 66.6 Å². The Morgan fingerprint density at radius 3 is 2.52 bits per heavy atom. The first-order valence-corrected chi connectivity index (χ1v) is 19.6. The van der Waals surface area contributed by atoms with E-state index in [-0.39, 0.29) is 5.78 Å². The SMILES string of the molecule is O=C(C[Te](Br)(Br)c1cccc2ccccc12)c1ccco1. The Kier molecular flexibility index (Phi) is 4.56. The van der Waals surface area contributed by atoms with Gasteiger partial charge in [-0.1, -0.05) is 0 Å². The van der Waals surface area contributed by atoms with Crippen LogP contribution in [0.1, 0.15) is 10.6 Å². The van der Waals surface area contributed by atoms with E-state index < -0.39 is 13.8 Å². The molecule has 0 amide bonds. The number of Topliss-reactive ketones (excluding diaryl/α,β-unsaturated/α-hetero) is 1. The van der Waals surface area contributed by atoms with Crippen LogP contribution in [0.25, 0.3) is 10.8 Å². The second-order valence-corrected chi connectivity index (χ2v) is 30.6. The minimum absolute atomic E-state index is 0.0304. The summed E-state index contributed by atoms with van der Waals surface area (Å²) in [7, 11) is 0. The van der Waals surface area contributed by atoms with Gasteiger partial charge in [-0.2, -0.15) is 0 Å². The van der Waals surface area contributed by atoms with Crippen molar-refractivity contribution < 1.29 is 9.21 Å². The van der Waals surface area contributed by atoms with E-state index in [0.717, 1.165) is 0 Å². The fraction of sp³-hybridized carbons (Fsp3) is 0.0625. The molecule has 0 saturated heterocycles. The minimum atomic E-state index is -2.85. The molecular formula is C16H12Br2O2Te. The molecule has 0 aliphatic rings. The van der Waals surface area contributed by atoms with Crippen LogP contribution < -0.4 is 3.61 Å². The van der Waals surface area contributed by atoms with E-state index in [0.29, 0.717) is 10.2 Å². The molecule has 1 heterocycles. The van der Waals surface area contributed by atoms with Crippen molar-refractivity contribution in [3.8, 4) is 0 Å². The molecule has 0 fully saturated rings. The van der Waals surface area contributed by atoms with Crippen LogP contribution in [-0.2, 0) is 0 Å². The zero-order valence-electron chi connectivity index (χ0n) is 11.0. The fourth-order valence-corrected chi connectivity index (χ4v) is 12.8. The fourth-order valence-electron chi connectivity index (χ4n) is 2.21. The third kappa shape index (κ3) is 3.27. The van der Waals surface area contributed by atoms with Crippen LogP contribution >= 0.6 is 25.5 Å². The Balaban J connectivity index is 1.98. The number of fused-ring (bicyclic) bond motifs is 1. The van der Waals surface area contributed by atoms with Crippen molar-refractivity contribution in [1.29, 1.82) is 0 Å². The summed E-state index contributed by atoms with van der Waals surface area (Å²) in [6, 6.07) is 17.9. The van der Waals surface area contributed by atoms with Gasteiger partial charge in [0.05, 0.1) is 0 Å². The van der Waals surface area contributed by atoms with Crippen LogP contribution in [0.5, 0.6) is 0 Å². The predicted molar refractivity (Wildman–Crippen MR) is 95.0 cm³/mol. The molecule has 0 aliphatic carbocycles. The number of furan rings is 1. The molecule has 0 atom stereocenters. The van der Waals surface area contributed by atoms with E-state index in [9.17, 15) is 4.79 Å². The molecule has 5 heteroatoms. The molecule has 0 radical (unpaired) electrons. The zero-order valence-corrected chi connectivity index (χ0v) is 16.5. The van der Waals surface area contributed by atoms with Gasteiger partial charge in [0.2, 0.25) is 0 Å². The van der Waals surface area contributed by atoms with Crippen LogP contribution in [0.2, 0.25) is 4.47 Å². The topological polar surface area (TPSA) is 30.2 Å². The van der Waals surface area contributed by atoms with Crippen molar-refractivity contribution in [3.63, 3.8) is 0 Å². The molecular weight excluding hydrogens is 512 g/mol. The first-order chi connectivity index (χ1) is 10.1. The summed E-state index contributed by atoms with van der Waals surface area (Å²) in [5, 5.41) is 2.39. The predicted octanol–water partition coefficient (Wildman–Crippen LogP) is 4.75. The first kappa shape index (κ1) is 15.3. The van der Waals surface area contributed by atoms with Crippen molar-refractivity contribution in [1.82, 2.24) is 0 Å². The number of rotatable bonds is 4. The van der Waals surface area contributed by atoms with E-state index in [4.69, 9.17) is 4.42 Å². The molecule has 0 bridgehead atoms. The van der Waals surface area contributed by atoms with Gasteiger partial charge in [0.15, 0.2) is 0 Å². The number of hydrogen-bond acceptors (Lipinski definition) is 2. The zero-order chi connectivity index (χ0) is 14.9. The quantitative estimate of drug-likeness (QED) is 0.365. The molecule has 108 valence electrons. The molecule has 0 N–H and O–H groups in total. The van der Waals surface area contributed by atoms with Crippen molar-refractivity contribution in [2.75, 3.05) is 0 Å². The van der Waals surface area contributed by atoms with Crippen molar-refractivity contribution in [2.45, 2.75) is 4.47 Å². The monoisotopic (exact) mass is 524 g/mol. The number of benzene rings is 2. The maximum absolute atomic E-state index is 12.3. The Bertz CT molecular complexity index is 777. The van der Waals surface area contributed by atoms with E-state index in [2.05, 4.69) is 49.8 Å². The molecule has 21 heavy (non-hydrogen) atoms. The number of hydrogen-bond donors (Lipinski definition) is 0. The number of halogens is 2. The molecule has 0 spiro atoms. The summed E-state index contributed by atoms with van der Waals surface area (Å²) in [6.07, 6.45) is 1.53. The van der Waals surface area contributed by atoms with Gasteiger partial charge >= 0.3 is 140 Å². The summed E-state index contributed by atoms with van der Waals surface area (Å²) in [6.45, 7) is 0. The van der Waals surface area contributed by atoms with E-state index in [1.54, 1.807) is 12.1 Å². The van der Waals surface area contributed by atoms with Gasteiger partial charge < -0.3 is 0 Å². The van der Waals surface area contributed by atoms with Crippen LogP contribution in [0.15, 0.2) is 65.3 Å². The van der Waals surface area contributed by atoms with Crippen LogP contribution in [-0.4, -0.2) is 19.5 Å². The third-order valence-corrected chi connectivity index (χ3v) is 15.6. The van der Waals surface area contributed by atoms with Crippen LogP contribution in [0, 0.1) is 0 Å². The molecule has 0 saturated carbocycles. The third-order valence-electron chi connectivity index (χ3n) is 3.18. The molecule has 0 unspecified atom stereocenters. The summed E-state index contributed by atoms with van der Waals surface area (Å²) in [4.78, 5) is 12.3. The maximum atomic E-state index is 12.3. The summed E-state index contributed by atoms with van der Waals surface area (Å²) in [5.74, 6) is 0.452. The van der Waals surface area contributed by atoms with Gasteiger partial charge in [-0.3, -0.25) is 0 Å². The van der Waals surface area contributed by atoms with Gasteiger partial charge in [0, 0.05) is 0 Å². The number of ketones is 1. The summed E-state index contributed by atoms with van der Waals surface area (Å²) >= 11 is 4.84. The van der Waals surface area contributed by atoms with E-state index in [1.807, 2.05) is 18.2 Å². The van der Waals surface area contributed by atoms with E-state index in [1.165, 1.54) is 20.6 Å². The normalized spacial score (nSPS) is 12.5. The van der Waals surface area contributed by atoms with Gasteiger partial charge in [0.1, 0.15) is 0 Å². The van der Waals surface area contributed by atoms with Gasteiger partial charge in [-0.05, 0) is 0 Å². The summed E-state index contributed by atoms with van der Waals surface area (Å²) < 4.78 is 6.87. The Morgan fingerprint density at radius 1 is 1.00 bits per heavy atom. The number of carbonyl (C=O) groups excluding carboxylic acids is 1. The number of carbonyl (C=O) groups is 1. The Labute approximate surface area is 138 Å². The van der Waals surface area contributed by atoms with Crippen LogP contribution in [0.3, 0.4) is 0 Å². The average molecular weight is 524 g/mol. The van der Waals surface area contributed by atoms with Gasteiger partial charge in [-0.25, -0.2) is 0 Å². The second-order valence-electron chi connectivity index (χ2n) is 4.60. The van der Waals surface area contributed by atoms with Crippen molar-refractivity contribution >= 4 is 59.4 Å². The standard InChI is InChI=1S/C16H12Br2O2Te/c17-21(18,11-14(19)15-8-4-10-20-15)16-9-3-6-12-5-1-2-7-13(12)16/h1-10H,11H2. The van der Waals surface area contributed by atoms with Gasteiger partial charge in [0.25, 0.3) is 0 Å².